The molecule has 0 saturated heterocycles. The number of nitrogens with one attached hydrogen (secondary N) is 2. The Morgan fingerprint density at radius 3 is 2.03 bits per heavy atom. The molecule has 152 valence electrons. The molecule has 29 heavy (non-hydrogen) atoms. The third-order valence-corrected chi connectivity index (χ3v) is 7.50. The molecule has 0 atom stereocenters. The summed E-state index contributed by atoms with van der Waals surface area (Å²) in [4.78, 5) is -0.236. The van der Waals surface area contributed by atoms with Gasteiger partial charge >= 0.3 is 0 Å². The van der Waals surface area contributed by atoms with Gasteiger partial charge in [-0.25, -0.2) is 16.8 Å². The number of hydrogen-bond acceptors (Lipinski definition) is 4. The van der Waals surface area contributed by atoms with Crippen LogP contribution in [-0.2, 0) is 20.0 Å². The SMILES string of the molecule is Cc1ccc(S(=O)(=O)Nc2ccc(Cl)c(S(=O)(=O)Nc3ccccc3Cl)c2)cc1. The van der Waals surface area contributed by atoms with Crippen LogP contribution in [0.5, 0.6) is 0 Å². The fourth-order valence-electron chi connectivity index (χ4n) is 2.45. The van der Waals surface area contributed by atoms with Crippen molar-refractivity contribution in [1.29, 1.82) is 0 Å². The number of halogens is 2. The third kappa shape index (κ3) is 5.02. The Bertz CT molecular complexity index is 1260. The molecule has 6 nitrogen and oxygen atoms in total. The van der Waals surface area contributed by atoms with Crippen LogP contribution < -0.4 is 9.44 Å². The van der Waals surface area contributed by atoms with Crippen molar-refractivity contribution in [2.24, 2.45) is 0 Å². The largest absolute Gasteiger partial charge is 0.280 e. The number of rotatable bonds is 6. The topological polar surface area (TPSA) is 92.3 Å². The van der Waals surface area contributed by atoms with Crippen molar-refractivity contribution in [2.75, 3.05) is 9.44 Å². The lowest BCUT2D eigenvalue weighted by molar-refractivity contribution is 0.598. The Morgan fingerprint density at radius 1 is 0.724 bits per heavy atom. The third-order valence-electron chi connectivity index (χ3n) is 3.92. The van der Waals surface area contributed by atoms with Gasteiger partial charge < -0.3 is 0 Å². The Kier molecular flexibility index (Phi) is 6.09. The van der Waals surface area contributed by atoms with E-state index in [0.29, 0.717) is 0 Å². The second-order valence-electron chi connectivity index (χ2n) is 6.15. The van der Waals surface area contributed by atoms with E-state index in [1.54, 1.807) is 24.3 Å². The molecule has 0 aliphatic carbocycles. The zero-order valence-corrected chi connectivity index (χ0v) is 18.2. The van der Waals surface area contributed by atoms with Crippen molar-refractivity contribution in [3.8, 4) is 0 Å². The minimum atomic E-state index is -4.12. The molecule has 10 heteroatoms. The number of benzene rings is 3. The Hall–Kier alpha value is -2.26. The molecule has 3 aromatic carbocycles. The lowest BCUT2D eigenvalue weighted by Crippen LogP contribution is -2.16. The minimum Gasteiger partial charge on any atom is -0.280 e. The first kappa shape index (κ1) is 21.4. The van der Waals surface area contributed by atoms with Gasteiger partial charge in [0.2, 0.25) is 0 Å². The fourth-order valence-corrected chi connectivity index (χ4v) is 5.34. The molecule has 0 unspecified atom stereocenters. The summed E-state index contributed by atoms with van der Waals surface area (Å²) in [5.41, 5.74) is 1.14. The standard InChI is InChI=1S/C19H16Cl2N2O4S2/c1-13-6-9-15(10-7-13)28(24,25)22-14-8-11-17(21)19(12-14)29(26,27)23-18-5-3-2-4-16(18)20/h2-12,22-23H,1H3. The smallest absolute Gasteiger partial charge is 0.263 e. The highest BCUT2D eigenvalue weighted by Gasteiger charge is 2.21. The maximum Gasteiger partial charge on any atom is 0.263 e. The van der Waals surface area contributed by atoms with Crippen LogP contribution in [0.2, 0.25) is 10.0 Å². The summed E-state index contributed by atoms with van der Waals surface area (Å²) in [5, 5.41) is 0.145. The van der Waals surface area contributed by atoms with Crippen molar-refractivity contribution >= 4 is 54.6 Å². The summed E-state index contributed by atoms with van der Waals surface area (Å²) < 4.78 is 55.4. The van der Waals surface area contributed by atoms with Crippen LogP contribution in [0.4, 0.5) is 11.4 Å². The number of aryl methyl sites for hydroxylation is 1. The first-order valence-electron chi connectivity index (χ1n) is 8.25. The highest BCUT2D eigenvalue weighted by molar-refractivity contribution is 7.93. The van der Waals surface area contributed by atoms with Crippen molar-refractivity contribution < 1.29 is 16.8 Å². The van der Waals surface area contributed by atoms with Gasteiger partial charge in [0.15, 0.2) is 0 Å². The second-order valence-corrected chi connectivity index (χ2v) is 10.3. The molecule has 3 rings (SSSR count). The van der Waals surface area contributed by atoms with Gasteiger partial charge in [-0.05, 0) is 49.4 Å². The van der Waals surface area contributed by atoms with Crippen molar-refractivity contribution in [3.05, 3.63) is 82.3 Å². The van der Waals surface area contributed by atoms with E-state index >= 15 is 0 Å². The van der Waals surface area contributed by atoms with E-state index in [2.05, 4.69) is 9.44 Å². The molecule has 0 aromatic heterocycles. The quantitative estimate of drug-likeness (QED) is 0.535. The molecule has 0 radical (unpaired) electrons. The first-order valence-corrected chi connectivity index (χ1v) is 12.0. The normalized spacial score (nSPS) is 11.8. The molecule has 0 heterocycles. The molecule has 0 spiro atoms. The summed E-state index contributed by atoms with van der Waals surface area (Å²) in [5.74, 6) is 0. The Balaban J connectivity index is 1.93. The second kappa shape index (κ2) is 8.23. The van der Waals surface area contributed by atoms with E-state index in [1.807, 2.05) is 6.92 Å². The molecule has 0 bridgehead atoms. The van der Waals surface area contributed by atoms with Gasteiger partial charge in [-0.3, -0.25) is 9.44 Å². The molecular weight excluding hydrogens is 455 g/mol. The van der Waals surface area contributed by atoms with Crippen LogP contribution in [-0.4, -0.2) is 16.8 Å². The maximum atomic E-state index is 12.8. The number of sulfonamides is 2. The Labute approximate surface area is 179 Å². The predicted octanol–water partition coefficient (Wildman–Crippen LogP) is 4.90. The van der Waals surface area contributed by atoms with E-state index in [9.17, 15) is 16.8 Å². The highest BCUT2D eigenvalue weighted by atomic mass is 35.5. The number of hydrogen-bond donors (Lipinski definition) is 2. The average Bonchev–Trinajstić information content (AvgIpc) is 2.65. The lowest BCUT2D eigenvalue weighted by Gasteiger charge is -2.13. The first-order chi connectivity index (χ1) is 13.6. The summed E-state index contributed by atoms with van der Waals surface area (Å²) in [6.07, 6.45) is 0. The van der Waals surface area contributed by atoms with E-state index in [4.69, 9.17) is 23.2 Å². The molecule has 0 amide bonds. The summed E-state index contributed by atoms with van der Waals surface area (Å²) in [7, 11) is -8.02. The predicted molar refractivity (Wildman–Crippen MR) is 116 cm³/mol. The van der Waals surface area contributed by atoms with Gasteiger partial charge in [-0.15, -0.1) is 0 Å². The monoisotopic (exact) mass is 470 g/mol. The minimum absolute atomic E-state index is 0.0505. The fraction of sp³-hybridized carbons (Fsp3) is 0.0526. The maximum absolute atomic E-state index is 12.8. The lowest BCUT2D eigenvalue weighted by atomic mass is 10.2. The van der Waals surface area contributed by atoms with Crippen LogP contribution in [0.3, 0.4) is 0 Å². The van der Waals surface area contributed by atoms with E-state index in [-0.39, 0.29) is 31.2 Å². The van der Waals surface area contributed by atoms with E-state index in [1.165, 1.54) is 36.4 Å². The van der Waals surface area contributed by atoms with Crippen molar-refractivity contribution in [3.63, 3.8) is 0 Å². The molecule has 0 aliphatic rings. The number of para-hydroxylation sites is 1. The van der Waals surface area contributed by atoms with Gasteiger partial charge in [0.1, 0.15) is 4.90 Å². The zero-order chi connectivity index (χ0) is 21.2. The number of anilines is 2. The Morgan fingerprint density at radius 2 is 1.38 bits per heavy atom. The van der Waals surface area contributed by atoms with Crippen LogP contribution in [0.1, 0.15) is 5.56 Å². The highest BCUT2D eigenvalue weighted by Crippen LogP contribution is 2.30. The summed E-state index contributed by atoms with van der Waals surface area (Å²) in [6, 6.07) is 16.4. The molecule has 0 saturated carbocycles. The van der Waals surface area contributed by atoms with Gasteiger partial charge in [0, 0.05) is 0 Å². The van der Waals surface area contributed by atoms with Crippen LogP contribution in [0, 0.1) is 6.92 Å². The van der Waals surface area contributed by atoms with Gasteiger partial charge in [-0.2, -0.15) is 0 Å². The van der Waals surface area contributed by atoms with Gasteiger partial charge in [0.25, 0.3) is 20.0 Å². The van der Waals surface area contributed by atoms with E-state index in [0.717, 1.165) is 11.6 Å². The van der Waals surface area contributed by atoms with Gasteiger partial charge in [0.05, 0.1) is 26.3 Å². The van der Waals surface area contributed by atoms with Gasteiger partial charge in [-0.1, -0.05) is 53.0 Å². The zero-order valence-electron chi connectivity index (χ0n) is 15.1. The van der Waals surface area contributed by atoms with Crippen LogP contribution in [0.15, 0.2) is 76.5 Å². The molecule has 0 aliphatic heterocycles. The van der Waals surface area contributed by atoms with Crippen LogP contribution in [0.25, 0.3) is 0 Å². The summed E-state index contributed by atoms with van der Waals surface area (Å²) in [6.45, 7) is 1.84. The van der Waals surface area contributed by atoms with Crippen molar-refractivity contribution in [2.45, 2.75) is 16.7 Å². The average molecular weight is 471 g/mol. The molecule has 0 fully saturated rings. The molecular formula is C19H16Cl2N2O4S2. The van der Waals surface area contributed by atoms with Crippen molar-refractivity contribution in [1.82, 2.24) is 0 Å². The summed E-state index contributed by atoms with van der Waals surface area (Å²) >= 11 is 12.1. The molecule has 3 aromatic rings. The molecule has 2 N–H and O–H groups in total. The van der Waals surface area contributed by atoms with Crippen LogP contribution >= 0.6 is 23.2 Å². The van der Waals surface area contributed by atoms with E-state index < -0.39 is 20.0 Å².